The highest BCUT2D eigenvalue weighted by atomic mass is 16.6. The Morgan fingerprint density at radius 3 is 2.00 bits per heavy atom. The first kappa shape index (κ1) is 11.6. The van der Waals surface area contributed by atoms with Gasteiger partial charge < -0.3 is 4.74 Å². The number of ether oxygens (including phenoxy) is 1. The zero-order valence-corrected chi connectivity index (χ0v) is 10.1. The van der Waals surface area contributed by atoms with Gasteiger partial charge in [0, 0.05) is 6.08 Å². The summed E-state index contributed by atoms with van der Waals surface area (Å²) in [6.07, 6.45) is 1.23. The summed E-state index contributed by atoms with van der Waals surface area (Å²) in [5.41, 5.74) is 2.29. The van der Waals surface area contributed by atoms with Crippen molar-refractivity contribution in [1.82, 2.24) is 0 Å². The van der Waals surface area contributed by atoms with Gasteiger partial charge in [-0.3, -0.25) is 0 Å². The molecule has 88 valence electrons. The lowest BCUT2D eigenvalue weighted by Gasteiger charge is -2.19. The Bertz CT molecular complexity index is 501. The van der Waals surface area contributed by atoms with Crippen molar-refractivity contribution in [1.29, 1.82) is 0 Å². The van der Waals surface area contributed by atoms with Crippen LogP contribution in [0.5, 0.6) is 0 Å². The third kappa shape index (κ3) is 2.28. The maximum Gasteiger partial charge on any atom is 0.346 e. The summed E-state index contributed by atoms with van der Waals surface area (Å²) in [6.45, 7) is 6.36. The van der Waals surface area contributed by atoms with Gasteiger partial charge in [-0.05, 0) is 16.5 Å². The molecular formula is C14H14O3. The van der Waals surface area contributed by atoms with Gasteiger partial charge in [-0.15, -0.1) is 0 Å². The molecule has 0 amide bonds. The minimum atomic E-state index is -0.593. The summed E-state index contributed by atoms with van der Waals surface area (Å²) in [4.78, 5) is 22.3. The van der Waals surface area contributed by atoms with E-state index in [4.69, 9.17) is 0 Å². The van der Waals surface area contributed by atoms with E-state index in [0.29, 0.717) is 11.1 Å². The maximum atomic E-state index is 11.4. The van der Waals surface area contributed by atoms with Crippen LogP contribution in [0.3, 0.4) is 0 Å². The van der Waals surface area contributed by atoms with Crippen LogP contribution < -0.4 is 0 Å². The Kier molecular flexibility index (Phi) is 2.62. The second-order valence-electron chi connectivity index (χ2n) is 5.09. The molecule has 0 N–H and O–H groups in total. The Hall–Kier alpha value is -1.90. The molecule has 0 aliphatic carbocycles. The summed E-state index contributed by atoms with van der Waals surface area (Å²) in [5, 5.41) is 0. The van der Waals surface area contributed by atoms with Crippen LogP contribution >= 0.6 is 0 Å². The fourth-order valence-corrected chi connectivity index (χ4v) is 1.70. The van der Waals surface area contributed by atoms with Crippen LogP contribution in [0.25, 0.3) is 5.57 Å². The smallest absolute Gasteiger partial charge is 0.346 e. The Labute approximate surface area is 100 Å². The lowest BCUT2D eigenvalue weighted by molar-refractivity contribution is -0.149. The van der Waals surface area contributed by atoms with Crippen LogP contribution in [0.4, 0.5) is 0 Å². The molecule has 17 heavy (non-hydrogen) atoms. The molecule has 0 aromatic heterocycles. The molecule has 0 saturated carbocycles. The van der Waals surface area contributed by atoms with Gasteiger partial charge in [0.05, 0.1) is 5.57 Å². The number of esters is 2. The molecule has 1 heterocycles. The van der Waals surface area contributed by atoms with Gasteiger partial charge in [0.1, 0.15) is 0 Å². The quantitative estimate of drug-likeness (QED) is 0.549. The van der Waals surface area contributed by atoms with E-state index in [9.17, 15) is 9.59 Å². The summed E-state index contributed by atoms with van der Waals surface area (Å²) < 4.78 is 4.46. The molecule has 0 bridgehead atoms. The molecule has 3 heteroatoms. The highest BCUT2D eigenvalue weighted by molar-refractivity contribution is 6.28. The van der Waals surface area contributed by atoms with Crippen molar-refractivity contribution >= 4 is 17.5 Å². The van der Waals surface area contributed by atoms with Gasteiger partial charge >= 0.3 is 11.9 Å². The van der Waals surface area contributed by atoms with Crippen molar-refractivity contribution in [3.8, 4) is 0 Å². The van der Waals surface area contributed by atoms with Gasteiger partial charge in [0.2, 0.25) is 0 Å². The van der Waals surface area contributed by atoms with Gasteiger partial charge in [-0.1, -0.05) is 45.0 Å². The van der Waals surface area contributed by atoms with Crippen LogP contribution in [-0.2, 0) is 19.7 Å². The third-order valence-electron chi connectivity index (χ3n) is 2.74. The SMILES string of the molecule is CC(C)(C)c1ccc(C2=CC(=O)OC2=O)cc1. The Morgan fingerprint density at radius 1 is 1.00 bits per heavy atom. The number of rotatable bonds is 1. The van der Waals surface area contributed by atoms with Crippen molar-refractivity contribution in [3.05, 3.63) is 41.5 Å². The van der Waals surface area contributed by atoms with Crippen molar-refractivity contribution in [3.63, 3.8) is 0 Å². The monoisotopic (exact) mass is 230 g/mol. The van der Waals surface area contributed by atoms with E-state index in [1.54, 1.807) is 0 Å². The van der Waals surface area contributed by atoms with Crippen LogP contribution in [0, 0.1) is 0 Å². The molecule has 0 radical (unpaired) electrons. The summed E-state index contributed by atoms with van der Waals surface area (Å²) in [6, 6.07) is 7.61. The molecule has 0 spiro atoms. The minimum absolute atomic E-state index is 0.0684. The molecule has 1 aromatic rings. The van der Waals surface area contributed by atoms with E-state index in [0.717, 1.165) is 0 Å². The molecule has 1 aromatic carbocycles. The molecule has 1 aliphatic rings. The lowest BCUT2D eigenvalue weighted by atomic mass is 9.86. The van der Waals surface area contributed by atoms with Crippen molar-refractivity contribution in [2.75, 3.05) is 0 Å². The molecule has 3 nitrogen and oxygen atoms in total. The number of cyclic esters (lactones) is 2. The molecular weight excluding hydrogens is 216 g/mol. The van der Waals surface area contributed by atoms with Crippen LogP contribution in [-0.4, -0.2) is 11.9 Å². The van der Waals surface area contributed by atoms with E-state index in [1.807, 2.05) is 24.3 Å². The minimum Gasteiger partial charge on any atom is -0.386 e. The normalized spacial score (nSPS) is 15.8. The third-order valence-corrected chi connectivity index (χ3v) is 2.74. The zero-order valence-electron chi connectivity index (χ0n) is 10.1. The number of carbonyl (C=O) groups is 2. The first-order valence-corrected chi connectivity index (χ1v) is 5.47. The number of hydrogen-bond acceptors (Lipinski definition) is 3. The average molecular weight is 230 g/mol. The number of carbonyl (C=O) groups excluding carboxylic acids is 2. The van der Waals surface area contributed by atoms with Crippen molar-refractivity contribution < 1.29 is 14.3 Å². The molecule has 0 unspecified atom stereocenters. The molecule has 0 saturated heterocycles. The van der Waals surface area contributed by atoms with E-state index in [2.05, 4.69) is 25.5 Å². The van der Waals surface area contributed by atoms with Crippen LogP contribution in [0.15, 0.2) is 30.3 Å². The summed E-state index contributed by atoms with van der Waals surface area (Å²) in [7, 11) is 0. The first-order chi connectivity index (χ1) is 7.88. The molecule has 1 aliphatic heterocycles. The topological polar surface area (TPSA) is 43.4 Å². The van der Waals surface area contributed by atoms with Crippen molar-refractivity contribution in [2.24, 2.45) is 0 Å². The molecule has 0 atom stereocenters. The highest BCUT2D eigenvalue weighted by Gasteiger charge is 2.25. The summed E-state index contributed by atoms with van der Waals surface area (Å²) in [5.74, 6) is -1.16. The van der Waals surface area contributed by atoms with E-state index in [-0.39, 0.29) is 5.41 Å². The summed E-state index contributed by atoms with van der Waals surface area (Å²) >= 11 is 0. The number of hydrogen-bond donors (Lipinski definition) is 0. The van der Waals surface area contributed by atoms with Crippen LogP contribution in [0.2, 0.25) is 0 Å². The van der Waals surface area contributed by atoms with Gasteiger partial charge in [-0.2, -0.15) is 0 Å². The van der Waals surface area contributed by atoms with E-state index < -0.39 is 11.9 Å². The van der Waals surface area contributed by atoms with Crippen LogP contribution in [0.1, 0.15) is 31.9 Å². The molecule has 0 fully saturated rings. The average Bonchev–Trinajstić information content (AvgIpc) is 2.57. The highest BCUT2D eigenvalue weighted by Crippen LogP contribution is 2.26. The van der Waals surface area contributed by atoms with Crippen molar-refractivity contribution in [2.45, 2.75) is 26.2 Å². The number of benzene rings is 1. The predicted molar refractivity (Wildman–Crippen MR) is 64.2 cm³/mol. The maximum absolute atomic E-state index is 11.4. The standard InChI is InChI=1S/C14H14O3/c1-14(2,3)10-6-4-9(5-7-10)11-8-12(15)17-13(11)16/h4-8H,1-3H3. The molecule has 2 rings (SSSR count). The first-order valence-electron chi connectivity index (χ1n) is 5.47. The fraction of sp³-hybridized carbons (Fsp3) is 0.286. The predicted octanol–water partition coefficient (Wildman–Crippen LogP) is 2.45. The second kappa shape index (κ2) is 3.84. The zero-order chi connectivity index (χ0) is 12.6. The van der Waals surface area contributed by atoms with Gasteiger partial charge in [0.15, 0.2) is 0 Å². The Morgan fingerprint density at radius 2 is 1.59 bits per heavy atom. The van der Waals surface area contributed by atoms with Gasteiger partial charge in [0.25, 0.3) is 0 Å². The van der Waals surface area contributed by atoms with Gasteiger partial charge in [-0.25, -0.2) is 9.59 Å². The lowest BCUT2D eigenvalue weighted by Crippen LogP contribution is -2.10. The second-order valence-corrected chi connectivity index (χ2v) is 5.09. The Balaban J connectivity index is 2.34. The van der Waals surface area contributed by atoms with E-state index >= 15 is 0 Å². The van der Waals surface area contributed by atoms with E-state index in [1.165, 1.54) is 11.6 Å². The fourth-order valence-electron chi connectivity index (χ4n) is 1.70. The largest absolute Gasteiger partial charge is 0.386 e.